The molecule has 3 aromatic carbocycles. The Bertz CT molecular complexity index is 1350. The molecule has 0 unspecified atom stereocenters. The van der Waals surface area contributed by atoms with Gasteiger partial charge in [0, 0.05) is 14.0 Å². The second kappa shape index (κ2) is 39.3. The van der Waals surface area contributed by atoms with E-state index in [1.165, 1.54) is 47.7 Å². The molecule has 0 radical (unpaired) electrons. The normalized spacial score (nSPS) is 8.33. The molecule has 5 amide bonds. The summed E-state index contributed by atoms with van der Waals surface area (Å²) < 4.78 is 0. The number of benzene rings is 3. The Labute approximate surface area is 333 Å². The molecular weight excluding hydrogens is 673 g/mol. The van der Waals surface area contributed by atoms with Crippen LogP contribution in [0.15, 0.2) is 78.9 Å². The van der Waals surface area contributed by atoms with Crippen LogP contribution in [0.2, 0.25) is 0 Å². The number of rotatable bonds is 10. The van der Waals surface area contributed by atoms with Gasteiger partial charge in [-0.25, -0.2) is 0 Å². The van der Waals surface area contributed by atoms with Gasteiger partial charge >= 0.3 is 29.6 Å². The number of hydrogen-bond acceptors (Lipinski definition) is 6. The van der Waals surface area contributed by atoms with Crippen molar-refractivity contribution in [2.75, 3.05) is 33.2 Å². The summed E-state index contributed by atoms with van der Waals surface area (Å²) in [5.74, 6) is -2.88. The summed E-state index contributed by atoms with van der Waals surface area (Å²) in [6, 6.07) is 27.5. The predicted molar refractivity (Wildman–Crippen MR) is 206 cm³/mol. The molecule has 284 valence electrons. The number of aryl methyl sites for hydroxylation is 3. The van der Waals surface area contributed by atoms with Gasteiger partial charge in [0.05, 0.1) is 26.2 Å². The molecule has 6 N–H and O–H groups in total. The SMILES string of the molecule is CC.CC(=O)O.CCC.CNC(=O)CNC(=O)CNC(=O)CNC(=O)CN[C-]=O.Cc1ccc(-c2ccccc2)cc1.Cc1cccc(C)c1.[CH3-].[Na+]. The van der Waals surface area contributed by atoms with Crippen molar-refractivity contribution in [2.45, 2.75) is 61.8 Å². The zero-order chi connectivity index (χ0) is 38.7. The molecule has 0 aliphatic carbocycles. The minimum Gasteiger partial charge on any atom is -0.522 e. The Hall–Kier alpha value is -4.52. The number of likely N-dealkylation sites (N-methyl/N-ethyl adjacent to an activating group) is 1. The second-order valence-electron chi connectivity index (χ2n) is 10.1. The van der Waals surface area contributed by atoms with Gasteiger partial charge in [-0.05, 0) is 31.9 Å². The maximum Gasteiger partial charge on any atom is 1.00 e. The van der Waals surface area contributed by atoms with Gasteiger partial charge in [0.2, 0.25) is 23.6 Å². The number of aliphatic carboxylic acids is 1. The first-order valence-corrected chi connectivity index (χ1v) is 16.2. The molecule has 0 bridgehead atoms. The molecule has 3 aromatic rings. The molecule has 0 spiro atoms. The van der Waals surface area contributed by atoms with E-state index in [1.54, 1.807) is 0 Å². The van der Waals surface area contributed by atoms with Crippen LogP contribution in [0.5, 0.6) is 0 Å². The number of carboxylic acid groups (broad SMARTS) is 1. The molecule has 0 aromatic heterocycles. The van der Waals surface area contributed by atoms with Gasteiger partial charge in [-0.2, -0.15) is 6.41 Å². The van der Waals surface area contributed by atoms with Gasteiger partial charge in [-0.15, -0.1) is 0 Å². The molecule has 12 nitrogen and oxygen atoms in total. The maximum atomic E-state index is 11.2. The summed E-state index contributed by atoms with van der Waals surface area (Å²) in [6.07, 6.45) is 2.56. The summed E-state index contributed by atoms with van der Waals surface area (Å²) in [5.41, 5.74) is 6.54. The van der Waals surface area contributed by atoms with Gasteiger partial charge in [0.1, 0.15) is 0 Å². The Morgan fingerprint density at radius 2 is 0.981 bits per heavy atom. The number of carboxylic acids is 1. The predicted octanol–water partition coefficient (Wildman–Crippen LogP) is 1.69. The molecule has 0 atom stereocenters. The average Bonchev–Trinajstić information content (AvgIpc) is 3.10. The molecule has 13 heteroatoms. The summed E-state index contributed by atoms with van der Waals surface area (Å²) >= 11 is 0. The smallest absolute Gasteiger partial charge is 0.522 e. The van der Waals surface area contributed by atoms with Crippen molar-refractivity contribution >= 4 is 36.0 Å². The first-order valence-electron chi connectivity index (χ1n) is 16.2. The van der Waals surface area contributed by atoms with Crippen LogP contribution in [0.3, 0.4) is 0 Å². The molecule has 52 heavy (non-hydrogen) atoms. The van der Waals surface area contributed by atoms with Crippen LogP contribution < -0.4 is 56.1 Å². The van der Waals surface area contributed by atoms with E-state index in [0.717, 1.165) is 6.92 Å². The van der Waals surface area contributed by atoms with Crippen LogP contribution in [0, 0.1) is 28.2 Å². The Morgan fingerprint density at radius 1 is 0.615 bits per heavy atom. The number of carbonyl (C=O) groups is 5. The van der Waals surface area contributed by atoms with Crippen molar-refractivity contribution in [3.63, 3.8) is 0 Å². The zero-order valence-electron chi connectivity index (χ0n) is 32.9. The number of hydrogen-bond donors (Lipinski definition) is 6. The fraction of sp³-hybridized carbons (Fsp3) is 0.359. The van der Waals surface area contributed by atoms with Gasteiger partial charge in [0.15, 0.2) is 0 Å². The summed E-state index contributed by atoms with van der Waals surface area (Å²) in [6.45, 7) is 14.5. The van der Waals surface area contributed by atoms with E-state index < -0.39 is 23.7 Å². The van der Waals surface area contributed by atoms with Crippen LogP contribution in [0.25, 0.3) is 11.1 Å². The summed E-state index contributed by atoms with van der Waals surface area (Å²) in [4.78, 5) is 63.0. The second-order valence-corrected chi connectivity index (χ2v) is 10.1. The van der Waals surface area contributed by atoms with Crippen molar-refractivity contribution in [3.8, 4) is 11.1 Å². The third kappa shape index (κ3) is 38.3. The summed E-state index contributed by atoms with van der Waals surface area (Å²) in [7, 11) is 1.43. The first-order chi connectivity index (χ1) is 23.8. The molecule has 0 fully saturated rings. The molecular formula is C39H59N5NaO7-. The van der Waals surface area contributed by atoms with Gasteiger partial charge < -0.3 is 43.9 Å². The van der Waals surface area contributed by atoms with E-state index in [4.69, 9.17) is 9.90 Å². The minimum absolute atomic E-state index is 0. The first kappa shape index (κ1) is 56.8. The van der Waals surface area contributed by atoms with Crippen molar-refractivity contribution in [1.82, 2.24) is 26.6 Å². The maximum absolute atomic E-state index is 11.2. The van der Waals surface area contributed by atoms with Crippen molar-refractivity contribution in [1.29, 1.82) is 0 Å². The summed E-state index contributed by atoms with van der Waals surface area (Å²) in [5, 5.41) is 18.5. The van der Waals surface area contributed by atoms with Crippen LogP contribution in [-0.4, -0.2) is 74.3 Å². The molecule has 3 rings (SSSR count). The van der Waals surface area contributed by atoms with E-state index in [1.807, 2.05) is 25.2 Å². The van der Waals surface area contributed by atoms with E-state index in [-0.39, 0.29) is 69.1 Å². The number of nitrogens with one attached hydrogen (secondary N) is 5. The monoisotopic (exact) mass is 732 g/mol. The van der Waals surface area contributed by atoms with Crippen LogP contribution in [0.4, 0.5) is 0 Å². The Balaban J connectivity index is -0.000000197. The largest absolute Gasteiger partial charge is 1.00 e. The third-order valence-corrected chi connectivity index (χ3v) is 5.27. The fourth-order valence-corrected chi connectivity index (χ4v) is 3.11. The Kier molecular flexibility index (Phi) is 42.9. The molecule has 0 aliphatic heterocycles. The van der Waals surface area contributed by atoms with E-state index in [9.17, 15) is 24.0 Å². The van der Waals surface area contributed by atoms with Gasteiger partial charge in [-0.1, -0.05) is 130 Å². The van der Waals surface area contributed by atoms with E-state index >= 15 is 0 Å². The van der Waals surface area contributed by atoms with Crippen LogP contribution in [-0.2, 0) is 28.8 Å². The molecule has 0 heterocycles. The standard InChI is InChI=1S/C13H12.C10H16N5O5.C8H10.C3H8.C2H4O2.C2H6.CH3.Na/c1-11-7-9-13(10-8-11)12-5-3-2-4-6-12;1-11-7(17)3-13-9(19)5-15-10(20)4-14-8(18)2-12-6-16;1-7-4-3-5-8(2)6-7;1-3-2;1-2(3)4;1-2;;/h2-10H,1H3;2-5H2,1H3,(H,11,17)(H,12,16)(H,13,19)(H,14,18)(H,15,20);3-6H,1-2H3;3H2,1-2H3;1H3,(H,3,4);1-2H3;1H3;/q;-1;;;;;-1;+1. The van der Waals surface area contributed by atoms with Crippen LogP contribution in [0.1, 0.15) is 57.7 Å². The van der Waals surface area contributed by atoms with E-state index in [2.05, 4.69) is 129 Å². The topological polar surface area (TPSA) is 183 Å². The fourth-order valence-electron chi connectivity index (χ4n) is 3.11. The molecule has 0 saturated heterocycles. The van der Waals surface area contributed by atoms with E-state index in [0.29, 0.717) is 0 Å². The minimum atomic E-state index is -0.833. The van der Waals surface area contributed by atoms with Crippen LogP contribution >= 0.6 is 0 Å². The zero-order valence-corrected chi connectivity index (χ0v) is 34.9. The number of amides is 5. The number of carbonyl (C=O) groups excluding carboxylic acids is 5. The van der Waals surface area contributed by atoms with Crippen molar-refractivity contribution in [2.24, 2.45) is 0 Å². The molecule has 0 saturated carbocycles. The quantitative estimate of drug-likeness (QED) is 0.104. The third-order valence-electron chi connectivity index (χ3n) is 5.27. The Morgan fingerprint density at radius 3 is 1.33 bits per heavy atom. The molecule has 0 aliphatic rings. The van der Waals surface area contributed by atoms with Gasteiger partial charge in [-0.3, -0.25) is 24.0 Å². The van der Waals surface area contributed by atoms with Crippen molar-refractivity contribution in [3.05, 3.63) is 103 Å². The van der Waals surface area contributed by atoms with Gasteiger partial charge in [0.25, 0.3) is 5.97 Å². The van der Waals surface area contributed by atoms with Crippen molar-refractivity contribution < 1.29 is 63.4 Å². The average molecular weight is 733 g/mol.